The smallest absolute Gasteiger partial charge is 0.254 e. The minimum absolute atomic E-state index is 0.0403. The number of ether oxygens (including phenoxy) is 2. The average Bonchev–Trinajstić information content (AvgIpc) is 3.19. The summed E-state index contributed by atoms with van der Waals surface area (Å²) in [4.78, 5) is 19.6. The highest BCUT2D eigenvalue weighted by Gasteiger charge is 2.28. The SMILES string of the molecule is CCc1onc(C)c1-c1cccc([C@H]2CN(C(=O)c3cccc(OC)c3)CCO2)n1. The Bertz CT molecular complexity index is 1050. The van der Waals surface area contributed by atoms with Crippen LogP contribution in [0.5, 0.6) is 5.75 Å². The molecule has 30 heavy (non-hydrogen) atoms. The van der Waals surface area contributed by atoms with E-state index in [1.807, 2.05) is 44.2 Å². The number of benzene rings is 1. The van der Waals surface area contributed by atoms with Crippen LogP contribution in [-0.2, 0) is 11.2 Å². The quantitative estimate of drug-likeness (QED) is 0.640. The number of aromatic nitrogens is 2. The molecule has 1 fully saturated rings. The van der Waals surface area contributed by atoms with E-state index in [9.17, 15) is 4.79 Å². The van der Waals surface area contributed by atoms with Crippen molar-refractivity contribution >= 4 is 5.91 Å². The van der Waals surface area contributed by atoms with Crippen molar-refractivity contribution in [3.63, 3.8) is 0 Å². The highest BCUT2D eigenvalue weighted by molar-refractivity contribution is 5.94. The molecule has 7 nitrogen and oxygen atoms in total. The number of pyridine rings is 1. The molecule has 1 saturated heterocycles. The monoisotopic (exact) mass is 407 g/mol. The predicted octanol–water partition coefficient (Wildman–Crippen LogP) is 3.83. The van der Waals surface area contributed by atoms with Crippen molar-refractivity contribution in [3.05, 3.63) is 65.2 Å². The van der Waals surface area contributed by atoms with Crippen molar-refractivity contribution in [2.75, 3.05) is 26.8 Å². The molecule has 0 unspecified atom stereocenters. The number of carbonyl (C=O) groups excluding carboxylic acids is 1. The van der Waals surface area contributed by atoms with Crippen LogP contribution in [0.4, 0.5) is 0 Å². The number of morpholine rings is 1. The van der Waals surface area contributed by atoms with Crippen LogP contribution < -0.4 is 4.74 Å². The van der Waals surface area contributed by atoms with E-state index in [1.54, 1.807) is 24.1 Å². The molecule has 0 radical (unpaired) electrons. The van der Waals surface area contributed by atoms with Crippen LogP contribution in [0.2, 0.25) is 0 Å². The van der Waals surface area contributed by atoms with Crippen LogP contribution in [0.15, 0.2) is 47.0 Å². The maximum atomic E-state index is 13.0. The fraction of sp³-hybridized carbons (Fsp3) is 0.348. The van der Waals surface area contributed by atoms with Gasteiger partial charge in [-0.2, -0.15) is 0 Å². The second-order valence-electron chi connectivity index (χ2n) is 7.21. The molecule has 0 bridgehead atoms. The van der Waals surface area contributed by atoms with Crippen LogP contribution in [0, 0.1) is 6.92 Å². The Balaban J connectivity index is 1.56. The van der Waals surface area contributed by atoms with E-state index in [0.29, 0.717) is 31.0 Å². The van der Waals surface area contributed by atoms with Crippen molar-refractivity contribution < 1.29 is 18.8 Å². The second-order valence-corrected chi connectivity index (χ2v) is 7.21. The lowest BCUT2D eigenvalue weighted by molar-refractivity contribution is -0.0246. The summed E-state index contributed by atoms with van der Waals surface area (Å²) in [5.74, 6) is 1.44. The van der Waals surface area contributed by atoms with E-state index in [4.69, 9.17) is 19.0 Å². The molecule has 0 spiro atoms. The highest BCUT2D eigenvalue weighted by atomic mass is 16.5. The van der Waals surface area contributed by atoms with Crippen LogP contribution in [0.1, 0.15) is 40.5 Å². The van der Waals surface area contributed by atoms with Crippen molar-refractivity contribution in [1.29, 1.82) is 0 Å². The number of hydrogen-bond donors (Lipinski definition) is 0. The van der Waals surface area contributed by atoms with Gasteiger partial charge in [0.1, 0.15) is 17.6 Å². The fourth-order valence-corrected chi connectivity index (χ4v) is 3.71. The molecule has 1 aromatic carbocycles. The summed E-state index contributed by atoms with van der Waals surface area (Å²) in [5, 5.41) is 4.08. The summed E-state index contributed by atoms with van der Waals surface area (Å²) < 4.78 is 16.6. The van der Waals surface area contributed by atoms with Gasteiger partial charge >= 0.3 is 0 Å². The maximum Gasteiger partial charge on any atom is 0.254 e. The topological polar surface area (TPSA) is 77.7 Å². The van der Waals surface area contributed by atoms with Gasteiger partial charge in [0.25, 0.3) is 5.91 Å². The third-order valence-electron chi connectivity index (χ3n) is 5.28. The van der Waals surface area contributed by atoms with Gasteiger partial charge in [0.05, 0.1) is 42.9 Å². The number of nitrogens with zero attached hydrogens (tertiary/aromatic N) is 3. The molecule has 3 aromatic rings. The van der Waals surface area contributed by atoms with Crippen LogP contribution in [0.25, 0.3) is 11.3 Å². The van der Waals surface area contributed by atoms with Gasteiger partial charge in [-0.25, -0.2) is 4.98 Å². The van der Waals surface area contributed by atoms with Gasteiger partial charge in [0.15, 0.2) is 0 Å². The van der Waals surface area contributed by atoms with Gasteiger partial charge < -0.3 is 18.9 Å². The highest BCUT2D eigenvalue weighted by Crippen LogP contribution is 2.29. The Morgan fingerprint density at radius 2 is 2.10 bits per heavy atom. The van der Waals surface area contributed by atoms with Crippen molar-refractivity contribution in [3.8, 4) is 17.0 Å². The minimum atomic E-state index is -0.293. The molecule has 3 heterocycles. The molecule has 4 rings (SSSR count). The first-order chi connectivity index (χ1) is 14.6. The molecule has 0 N–H and O–H groups in total. The third kappa shape index (κ3) is 3.93. The zero-order chi connectivity index (χ0) is 21.1. The number of amides is 1. The Morgan fingerprint density at radius 1 is 1.27 bits per heavy atom. The van der Waals surface area contributed by atoms with Crippen molar-refractivity contribution in [2.24, 2.45) is 0 Å². The van der Waals surface area contributed by atoms with Gasteiger partial charge in [-0.3, -0.25) is 4.79 Å². The van der Waals surface area contributed by atoms with E-state index in [0.717, 1.165) is 34.8 Å². The van der Waals surface area contributed by atoms with E-state index < -0.39 is 0 Å². The molecular weight excluding hydrogens is 382 g/mol. The fourth-order valence-electron chi connectivity index (χ4n) is 3.71. The van der Waals surface area contributed by atoms with Crippen LogP contribution in [0.3, 0.4) is 0 Å². The lowest BCUT2D eigenvalue weighted by Crippen LogP contribution is -2.42. The molecule has 0 saturated carbocycles. The lowest BCUT2D eigenvalue weighted by Gasteiger charge is -2.33. The molecule has 1 amide bonds. The molecule has 1 aliphatic heterocycles. The van der Waals surface area contributed by atoms with Gasteiger partial charge in [0, 0.05) is 18.5 Å². The Labute approximate surface area is 175 Å². The van der Waals surface area contributed by atoms with Gasteiger partial charge in [-0.15, -0.1) is 0 Å². The number of methoxy groups -OCH3 is 1. The van der Waals surface area contributed by atoms with E-state index in [-0.39, 0.29) is 12.0 Å². The normalized spacial score (nSPS) is 16.5. The lowest BCUT2D eigenvalue weighted by atomic mass is 10.1. The molecular formula is C23H25N3O4. The zero-order valence-corrected chi connectivity index (χ0v) is 17.4. The minimum Gasteiger partial charge on any atom is -0.497 e. The Hall–Kier alpha value is -3.19. The molecule has 7 heteroatoms. The predicted molar refractivity (Wildman–Crippen MR) is 111 cm³/mol. The summed E-state index contributed by atoms with van der Waals surface area (Å²) in [5.41, 5.74) is 3.95. The van der Waals surface area contributed by atoms with Crippen LogP contribution >= 0.6 is 0 Å². The largest absolute Gasteiger partial charge is 0.497 e. The van der Waals surface area contributed by atoms with Gasteiger partial charge in [0.2, 0.25) is 0 Å². The molecule has 2 aromatic heterocycles. The molecule has 0 aliphatic carbocycles. The second kappa shape index (κ2) is 8.67. The number of aryl methyl sites for hydroxylation is 2. The van der Waals surface area contributed by atoms with E-state index in [2.05, 4.69) is 5.16 Å². The molecule has 1 aliphatic rings. The zero-order valence-electron chi connectivity index (χ0n) is 17.4. The van der Waals surface area contributed by atoms with Gasteiger partial charge in [-0.1, -0.05) is 24.2 Å². The molecule has 156 valence electrons. The van der Waals surface area contributed by atoms with E-state index in [1.165, 1.54) is 0 Å². The number of carbonyl (C=O) groups is 1. The maximum absolute atomic E-state index is 13.0. The first-order valence-electron chi connectivity index (χ1n) is 10.1. The summed E-state index contributed by atoms with van der Waals surface area (Å²) in [7, 11) is 1.59. The first-order valence-corrected chi connectivity index (χ1v) is 10.1. The summed E-state index contributed by atoms with van der Waals surface area (Å²) in [6.07, 6.45) is 0.448. The van der Waals surface area contributed by atoms with Crippen molar-refractivity contribution in [2.45, 2.75) is 26.4 Å². The molecule has 1 atom stereocenters. The number of hydrogen-bond acceptors (Lipinski definition) is 6. The number of rotatable bonds is 5. The Morgan fingerprint density at radius 3 is 2.90 bits per heavy atom. The van der Waals surface area contributed by atoms with Gasteiger partial charge in [-0.05, 0) is 37.3 Å². The van der Waals surface area contributed by atoms with Crippen LogP contribution in [-0.4, -0.2) is 47.8 Å². The average molecular weight is 407 g/mol. The summed E-state index contributed by atoms with van der Waals surface area (Å²) in [6, 6.07) is 13.0. The standard InChI is InChI=1S/C23H25N3O4/c1-4-20-22(15(2)25-30-20)19-10-6-9-18(24-19)21-14-26(11-12-29-21)23(27)16-7-5-8-17(13-16)28-3/h5-10,13,21H,4,11-12,14H2,1-3H3/t21-/m1/s1. The third-order valence-corrected chi connectivity index (χ3v) is 5.28. The summed E-state index contributed by atoms with van der Waals surface area (Å²) >= 11 is 0. The first kappa shape index (κ1) is 20.1. The Kier molecular flexibility index (Phi) is 5.81. The van der Waals surface area contributed by atoms with Crippen molar-refractivity contribution in [1.82, 2.24) is 15.0 Å². The van der Waals surface area contributed by atoms with E-state index >= 15 is 0 Å². The summed E-state index contributed by atoms with van der Waals surface area (Å²) in [6.45, 7) is 5.38.